The number of carbonyl (C=O) groups excluding carboxylic acids is 18. The van der Waals surface area contributed by atoms with Gasteiger partial charge in [0, 0.05) is 190 Å². The van der Waals surface area contributed by atoms with Crippen molar-refractivity contribution >= 4 is 140 Å². The fourth-order valence-electron chi connectivity index (χ4n) is 13.3. The highest BCUT2D eigenvalue weighted by atomic mass is 16.2. The van der Waals surface area contributed by atoms with Crippen LogP contribution in [0.25, 0.3) is 0 Å². The number of piperidine rings is 6. The van der Waals surface area contributed by atoms with Crippen molar-refractivity contribution in [3.05, 3.63) is 176 Å². The third-order valence-corrected chi connectivity index (χ3v) is 19.1. The van der Waals surface area contributed by atoms with Crippen LogP contribution in [0.4, 0.5) is 34.1 Å². The van der Waals surface area contributed by atoms with Crippen molar-refractivity contribution in [1.82, 2.24) is 61.3 Å². The third kappa shape index (κ3) is 15.4. The molecule has 6 fully saturated rings. The van der Waals surface area contributed by atoms with Crippen LogP contribution in [0.3, 0.4) is 0 Å². The Hall–Kier alpha value is -14.2. The average Bonchev–Trinajstić information content (AvgIpc) is 1.67. The van der Waals surface area contributed by atoms with Gasteiger partial charge in [0.1, 0.15) is 36.1 Å². The molecule has 12 heterocycles. The molecule has 2 unspecified atom stereocenters. The minimum atomic E-state index is -3.27. The number of nitrogens with zero attached hydrogens (tertiary/aromatic N) is 6. The van der Waals surface area contributed by atoms with Gasteiger partial charge in [0.15, 0.2) is 0 Å². The number of imide groups is 6. The first-order chi connectivity index (χ1) is 64.3. The average molecular weight is 1580 g/mol. The van der Waals surface area contributed by atoms with Gasteiger partial charge in [0.25, 0.3) is 35.4 Å². The monoisotopic (exact) mass is 1580 g/mol. The molecule has 0 saturated carbocycles. The van der Waals surface area contributed by atoms with E-state index in [-0.39, 0.29) is 211 Å². The zero-order chi connectivity index (χ0) is 104. The van der Waals surface area contributed by atoms with Crippen LogP contribution in [0.15, 0.2) is 109 Å². The summed E-state index contributed by atoms with van der Waals surface area (Å²) >= 11 is 0. The van der Waals surface area contributed by atoms with E-state index in [1.807, 2.05) is 16.0 Å². The number of nitrogen functional groups attached to an aromatic ring is 6. The van der Waals surface area contributed by atoms with E-state index in [1.54, 1.807) is 10.6 Å². The van der Waals surface area contributed by atoms with Crippen molar-refractivity contribution < 1.29 is 121 Å². The maximum atomic E-state index is 12.6. The van der Waals surface area contributed by atoms with Crippen molar-refractivity contribution in [1.29, 1.82) is 0 Å². The minimum absolute atomic E-state index is 0.00428. The van der Waals surface area contributed by atoms with Crippen molar-refractivity contribution in [3.63, 3.8) is 0 Å². The number of benzene rings is 6. The van der Waals surface area contributed by atoms with Gasteiger partial charge < -0.3 is 63.8 Å². The van der Waals surface area contributed by atoms with E-state index in [0.29, 0.717) is 26.5 Å². The zero-order valence-corrected chi connectivity index (χ0v) is 58.9. The molecule has 12 aliphatic heterocycles. The Morgan fingerprint density at radius 1 is 0.289 bits per heavy atom. The summed E-state index contributed by atoms with van der Waals surface area (Å²) in [6.07, 6.45) is -13.3. The lowest BCUT2D eigenvalue weighted by Gasteiger charge is -2.29. The van der Waals surface area contributed by atoms with Gasteiger partial charge in [-0.3, -0.25) is 118 Å². The van der Waals surface area contributed by atoms with Crippen LogP contribution in [-0.4, -0.2) is 172 Å². The molecule has 6 aromatic carbocycles. The summed E-state index contributed by atoms with van der Waals surface area (Å²) in [5.74, 6) is -15.4. The van der Waals surface area contributed by atoms with Crippen LogP contribution in [0, 0.1) is 0 Å². The molecule has 588 valence electrons. The summed E-state index contributed by atoms with van der Waals surface area (Å²) in [7, 11) is 0. The second-order valence-electron chi connectivity index (χ2n) is 25.9. The molecule has 114 heavy (non-hydrogen) atoms. The van der Waals surface area contributed by atoms with Gasteiger partial charge in [-0.25, -0.2) is 0 Å². The summed E-state index contributed by atoms with van der Waals surface area (Å²) in [5.41, 5.74) is 36.1. The fourth-order valence-corrected chi connectivity index (χ4v) is 13.3. The molecule has 0 radical (unpaired) electrons. The number of nitrogens with two attached hydrogens (primary N) is 6. The highest BCUT2D eigenvalue weighted by molar-refractivity contribution is 6.11. The summed E-state index contributed by atoms with van der Waals surface area (Å²) < 4.78 is 197. The number of fused-ring (bicyclic) bond motifs is 6. The molecule has 12 aliphatic rings. The Kier molecular flexibility index (Phi) is 14.6. The van der Waals surface area contributed by atoms with Crippen molar-refractivity contribution in [2.45, 2.75) is 152 Å². The molecular weight excluding hydrogens is 1480 g/mol. The maximum Gasteiger partial charge on any atom is 0.255 e. The molecule has 18 rings (SSSR count). The lowest BCUT2D eigenvalue weighted by Crippen LogP contribution is -2.52. The van der Waals surface area contributed by atoms with E-state index < -0.39 is 204 Å². The molecule has 36 nitrogen and oxygen atoms in total. The standard InChI is InChI=1S/6C13H13N3O3/c6*14-9-3-1-2-7-8(9)6-16(13(7)19)10-4-5-11(17)15-12(10)18/h6*1-3,10H,4-6,14H2,(H,15,17,18)/t4*10-;;/m1100../s1/i1D,2D,3D,10D;1D,2D,3D;1D,2D,3D,10D;4D2,5D2,10D;1D,2D,3D,10D;4D2,5D2,10D. The Morgan fingerprint density at radius 3 is 0.833 bits per heavy atom. The zero-order valence-electron chi connectivity index (χ0n) is 83.9. The van der Waals surface area contributed by atoms with E-state index in [4.69, 9.17) is 68.7 Å². The Balaban J connectivity index is 0.000000141. The number of hydrogen-bond donors (Lipinski definition) is 12. The second-order valence-corrected chi connectivity index (χ2v) is 25.9. The van der Waals surface area contributed by atoms with Crippen LogP contribution in [0.5, 0.6) is 0 Å². The van der Waals surface area contributed by atoms with Gasteiger partial charge in [-0.2, -0.15) is 0 Å². The van der Waals surface area contributed by atoms with Gasteiger partial charge in [0.05, 0.1) is 23.3 Å². The quantitative estimate of drug-likeness (QED) is 0.0781. The number of rotatable bonds is 6. The van der Waals surface area contributed by atoms with Crippen LogP contribution in [0.1, 0.15) is 207 Å². The molecule has 6 aromatic rings. The number of nitrogens with one attached hydrogen (secondary N) is 6. The van der Waals surface area contributed by atoms with Gasteiger partial charge >= 0.3 is 0 Å². The van der Waals surface area contributed by atoms with Crippen LogP contribution >= 0.6 is 0 Å². The van der Waals surface area contributed by atoms with Crippen molar-refractivity contribution in [3.8, 4) is 0 Å². The van der Waals surface area contributed by atoms with E-state index in [9.17, 15) is 86.3 Å². The summed E-state index contributed by atoms with van der Waals surface area (Å²) in [6.45, 7) is -1.27. The Morgan fingerprint density at radius 2 is 0.535 bits per heavy atom. The summed E-state index contributed by atoms with van der Waals surface area (Å²) in [4.78, 5) is 221. The predicted molar refractivity (Wildman–Crippen MR) is 401 cm³/mol. The predicted octanol–water partition coefficient (Wildman–Crippen LogP) is 0.179. The largest absolute Gasteiger partial charge is 0.398 e. The first-order valence-corrected chi connectivity index (χ1v) is 34.1. The number of anilines is 6. The Bertz CT molecular complexity index is 6240. The lowest BCUT2D eigenvalue weighted by molar-refractivity contribution is -0.138. The molecule has 0 bridgehead atoms. The summed E-state index contributed by atoms with van der Waals surface area (Å²) in [5, 5.41) is 11.6. The van der Waals surface area contributed by atoms with E-state index >= 15 is 0 Å². The Labute approximate surface area is 683 Å². The third-order valence-electron chi connectivity index (χ3n) is 19.1. The van der Waals surface area contributed by atoms with Crippen LogP contribution in [-0.2, 0) is 96.8 Å². The van der Waals surface area contributed by atoms with Gasteiger partial charge in [-0.15, -0.1) is 0 Å². The molecule has 6 atom stereocenters. The number of amides is 18. The van der Waals surface area contributed by atoms with Gasteiger partial charge in [0.2, 0.25) is 70.9 Å². The molecule has 18 N–H and O–H groups in total. The highest BCUT2D eigenvalue weighted by Gasteiger charge is 2.46. The molecule has 18 amide bonds. The van der Waals surface area contributed by atoms with Crippen molar-refractivity contribution in [2.75, 3.05) is 34.4 Å². The van der Waals surface area contributed by atoms with Gasteiger partial charge in [-0.1, -0.05) is 36.3 Å². The fraction of sp³-hybridized carbons (Fsp3) is 0.308. The molecule has 0 aromatic heterocycles. The molecule has 6 saturated heterocycles. The minimum Gasteiger partial charge on any atom is -0.398 e. The molecular formula is C78H78N18O18. The first kappa shape index (κ1) is 52.0. The van der Waals surface area contributed by atoms with Gasteiger partial charge in [-0.05, 0) is 111 Å². The normalized spacial score (nSPS) is 30.6. The smallest absolute Gasteiger partial charge is 0.255 e. The van der Waals surface area contributed by atoms with E-state index in [0.717, 1.165) is 14.7 Å². The molecule has 0 aliphatic carbocycles. The first-order valence-electron chi connectivity index (χ1n) is 46.6. The number of hydrogen-bond acceptors (Lipinski definition) is 24. The SMILES string of the molecule is [2H]C1([2H])C(=O)NC(=O)C([2H])(N2Cc3c(N)cccc3C2=O)C1([2H])[2H].[2H]C1([2H])C(=O)NC(=O)[C@@]([2H])(N2Cc3c(N)cccc3C2=O)C1([2H])[2H].[2H]c1c([2H])c(N)c2c(c1[2H])C(=O)N(C1([2H])CCC(=O)NC1=O)C2.[2H]c1c([2H])c(N)c2c(c1[2H])C(=O)N([C@@H]1CCC(=O)NC1=O)C2.[2H]c1c([2H])c(N)c2c(c1[2H])C(=O)N([C@@]1([2H])CCC(=O)NC1=O)C2.[2H]c1c([2H])c(N)c2c(c1[2H])C(=O)N([C@]1([2H])CCC(=O)NC1=O)C2. The number of carbonyl (C=O) groups is 18. The maximum absolute atomic E-state index is 12.6. The topological polar surface area (TPSA) is 555 Å². The highest BCUT2D eigenvalue weighted by Crippen LogP contribution is 2.37. The molecule has 36 heteroatoms. The second kappa shape index (κ2) is 32.0. The van der Waals surface area contributed by atoms with E-state index in [1.165, 1.54) is 41.3 Å². The van der Waals surface area contributed by atoms with E-state index in [2.05, 4.69) is 5.32 Å². The van der Waals surface area contributed by atoms with Crippen molar-refractivity contribution in [2.24, 2.45) is 0 Å². The summed E-state index contributed by atoms with van der Waals surface area (Å²) in [6, 6.07) is -8.64. The van der Waals surface area contributed by atoms with Crippen LogP contribution < -0.4 is 66.3 Å². The molecule has 0 spiro atoms. The van der Waals surface area contributed by atoms with Crippen LogP contribution in [0.2, 0.25) is 0 Å². The lowest BCUT2D eigenvalue weighted by atomic mass is 10.0.